The van der Waals surface area contributed by atoms with Crippen molar-refractivity contribution in [2.45, 2.75) is 53.1 Å². The highest BCUT2D eigenvalue weighted by molar-refractivity contribution is 5.78. The van der Waals surface area contributed by atoms with Crippen LogP contribution in [0.3, 0.4) is 0 Å². The van der Waals surface area contributed by atoms with E-state index in [1.165, 1.54) is 0 Å². The molecule has 0 aromatic heterocycles. The van der Waals surface area contributed by atoms with E-state index in [4.69, 9.17) is 4.74 Å². The molecule has 0 aromatic carbocycles. The molecule has 0 spiro atoms. The predicted molar refractivity (Wildman–Crippen MR) is 62.8 cm³/mol. The summed E-state index contributed by atoms with van der Waals surface area (Å²) < 4.78 is 5.61. The first-order valence-corrected chi connectivity index (χ1v) is 6.04. The Balaban J connectivity index is 3.97. The van der Waals surface area contributed by atoms with Gasteiger partial charge in [0, 0.05) is 6.54 Å². The molecule has 0 saturated carbocycles. The summed E-state index contributed by atoms with van der Waals surface area (Å²) in [5.74, 6) is 0.145. The van der Waals surface area contributed by atoms with Crippen LogP contribution in [0.2, 0.25) is 0 Å². The molecule has 2 atom stereocenters. The van der Waals surface area contributed by atoms with Crippen molar-refractivity contribution in [3.63, 3.8) is 0 Å². The maximum absolute atomic E-state index is 11.6. The number of amides is 1. The third-order valence-corrected chi connectivity index (χ3v) is 2.52. The van der Waals surface area contributed by atoms with Crippen molar-refractivity contribution in [3.8, 4) is 0 Å². The summed E-state index contributed by atoms with van der Waals surface area (Å²) >= 11 is 0. The average Bonchev–Trinajstić information content (AvgIpc) is 2.23. The average molecular weight is 215 g/mol. The first kappa shape index (κ1) is 14.4. The van der Waals surface area contributed by atoms with Crippen molar-refractivity contribution in [1.82, 2.24) is 5.32 Å². The predicted octanol–water partition coefficient (Wildman–Crippen LogP) is 2.35. The number of carbonyl (C=O) groups excluding carboxylic acids is 1. The summed E-state index contributed by atoms with van der Waals surface area (Å²) in [7, 11) is 0. The molecule has 0 bridgehead atoms. The molecule has 0 rings (SSSR count). The van der Waals surface area contributed by atoms with E-state index in [9.17, 15) is 4.79 Å². The van der Waals surface area contributed by atoms with E-state index in [0.29, 0.717) is 13.2 Å². The molecule has 0 saturated heterocycles. The van der Waals surface area contributed by atoms with Crippen LogP contribution >= 0.6 is 0 Å². The quantitative estimate of drug-likeness (QED) is 0.675. The minimum Gasteiger partial charge on any atom is -0.378 e. The Hall–Kier alpha value is -0.570. The number of nitrogens with one attached hydrogen (secondary N) is 1. The fraction of sp³-hybridized carbons (Fsp3) is 0.917. The van der Waals surface area contributed by atoms with Gasteiger partial charge in [0.2, 0.25) is 5.91 Å². The Bertz CT molecular complexity index is 171. The number of ether oxygens (including phenoxy) is 1. The van der Waals surface area contributed by atoms with Gasteiger partial charge in [-0.1, -0.05) is 20.3 Å². The number of hydrogen-bond donors (Lipinski definition) is 1. The van der Waals surface area contributed by atoms with Gasteiger partial charge >= 0.3 is 0 Å². The first-order chi connectivity index (χ1) is 7.15. The molecule has 2 unspecified atom stereocenters. The number of carbonyl (C=O) groups is 1. The van der Waals surface area contributed by atoms with Crippen LogP contribution in [-0.4, -0.2) is 25.2 Å². The molecule has 0 aliphatic carbocycles. The molecule has 1 amide bonds. The molecule has 3 heteroatoms. The van der Waals surface area contributed by atoms with Gasteiger partial charge in [0.05, 0.1) is 18.6 Å². The zero-order chi connectivity index (χ0) is 11.7. The minimum atomic E-state index is 0.0175. The third kappa shape index (κ3) is 6.50. The maximum atomic E-state index is 11.6. The summed E-state index contributed by atoms with van der Waals surface area (Å²) in [5, 5.41) is 2.85. The van der Waals surface area contributed by atoms with E-state index >= 15 is 0 Å². The summed E-state index contributed by atoms with van der Waals surface area (Å²) in [5.41, 5.74) is 0. The molecule has 15 heavy (non-hydrogen) atoms. The van der Waals surface area contributed by atoms with Gasteiger partial charge in [-0.25, -0.2) is 0 Å². The number of rotatable bonds is 8. The lowest BCUT2D eigenvalue weighted by Crippen LogP contribution is -2.33. The molecule has 0 heterocycles. The van der Waals surface area contributed by atoms with Crippen molar-refractivity contribution < 1.29 is 9.53 Å². The van der Waals surface area contributed by atoms with Crippen LogP contribution in [0, 0.1) is 5.92 Å². The van der Waals surface area contributed by atoms with Crippen LogP contribution in [0.5, 0.6) is 0 Å². The second kappa shape index (κ2) is 8.72. The van der Waals surface area contributed by atoms with Gasteiger partial charge in [-0.2, -0.15) is 0 Å². The molecule has 90 valence electrons. The second-order valence-electron chi connectivity index (χ2n) is 3.93. The highest BCUT2D eigenvalue weighted by atomic mass is 16.5. The first-order valence-electron chi connectivity index (χ1n) is 6.04. The van der Waals surface area contributed by atoms with E-state index < -0.39 is 0 Å². The van der Waals surface area contributed by atoms with Gasteiger partial charge in [-0.05, 0) is 26.7 Å². The lowest BCUT2D eigenvalue weighted by molar-refractivity contribution is -0.127. The Labute approximate surface area is 93.6 Å². The van der Waals surface area contributed by atoms with Crippen molar-refractivity contribution >= 4 is 5.91 Å². The van der Waals surface area contributed by atoms with Gasteiger partial charge in [-0.15, -0.1) is 0 Å². The summed E-state index contributed by atoms with van der Waals surface area (Å²) in [6, 6.07) is 0. The van der Waals surface area contributed by atoms with E-state index in [1.807, 2.05) is 13.8 Å². The van der Waals surface area contributed by atoms with Crippen molar-refractivity contribution in [2.24, 2.45) is 5.92 Å². The van der Waals surface area contributed by atoms with Gasteiger partial charge in [0.25, 0.3) is 0 Å². The summed E-state index contributed by atoms with van der Waals surface area (Å²) in [6.45, 7) is 9.41. The Morgan fingerprint density at radius 1 is 1.33 bits per heavy atom. The zero-order valence-electron chi connectivity index (χ0n) is 10.5. The van der Waals surface area contributed by atoms with Crippen LogP contribution in [0.15, 0.2) is 0 Å². The van der Waals surface area contributed by atoms with Crippen molar-refractivity contribution in [1.29, 1.82) is 0 Å². The smallest absolute Gasteiger partial charge is 0.225 e. The van der Waals surface area contributed by atoms with E-state index in [0.717, 1.165) is 19.3 Å². The van der Waals surface area contributed by atoms with Gasteiger partial charge in [0.15, 0.2) is 0 Å². The van der Waals surface area contributed by atoms with E-state index in [1.54, 1.807) is 0 Å². The Kier molecular flexibility index (Phi) is 8.38. The monoisotopic (exact) mass is 215 g/mol. The molecule has 0 aliphatic heterocycles. The summed E-state index contributed by atoms with van der Waals surface area (Å²) in [6.07, 6.45) is 3.17. The van der Waals surface area contributed by atoms with Crippen LogP contribution in [0.1, 0.15) is 47.0 Å². The van der Waals surface area contributed by atoms with Crippen molar-refractivity contribution in [2.75, 3.05) is 13.2 Å². The normalized spacial score (nSPS) is 14.7. The summed E-state index contributed by atoms with van der Waals surface area (Å²) in [4.78, 5) is 11.6. The topological polar surface area (TPSA) is 38.3 Å². The molecule has 0 fully saturated rings. The molecule has 0 aromatic rings. The number of hydrogen-bond acceptors (Lipinski definition) is 2. The highest BCUT2D eigenvalue weighted by Gasteiger charge is 2.17. The molecular formula is C12H25NO2. The van der Waals surface area contributed by atoms with Crippen LogP contribution < -0.4 is 5.32 Å². The lowest BCUT2D eigenvalue weighted by Gasteiger charge is -2.18. The Morgan fingerprint density at radius 3 is 2.47 bits per heavy atom. The molecule has 1 N–H and O–H groups in total. The molecular weight excluding hydrogens is 190 g/mol. The second-order valence-corrected chi connectivity index (χ2v) is 3.93. The minimum absolute atomic E-state index is 0.0175. The van der Waals surface area contributed by atoms with E-state index in [-0.39, 0.29) is 17.9 Å². The van der Waals surface area contributed by atoms with Gasteiger partial charge in [-0.3, -0.25) is 4.79 Å². The fourth-order valence-electron chi connectivity index (χ4n) is 1.36. The zero-order valence-corrected chi connectivity index (χ0v) is 10.5. The van der Waals surface area contributed by atoms with Crippen LogP contribution in [0.25, 0.3) is 0 Å². The SMILES string of the molecule is CCCC(COC(C)CC)C(=O)NCC. The van der Waals surface area contributed by atoms with Crippen molar-refractivity contribution in [3.05, 3.63) is 0 Å². The van der Waals surface area contributed by atoms with Gasteiger partial charge < -0.3 is 10.1 Å². The highest BCUT2D eigenvalue weighted by Crippen LogP contribution is 2.09. The fourth-order valence-corrected chi connectivity index (χ4v) is 1.36. The third-order valence-electron chi connectivity index (χ3n) is 2.52. The van der Waals surface area contributed by atoms with Gasteiger partial charge in [0.1, 0.15) is 0 Å². The Morgan fingerprint density at radius 2 is 2.00 bits per heavy atom. The maximum Gasteiger partial charge on any atom is 0.225 e. The molecule has 0 aliphatic rings. The largest absolute Gasteiger partial charge is 0.378 e. The van der Waals surface area contributed by atoms with E-state index in [2.05, 4.69) is 19.2 Å². The molecule has 3 nitrogen and oxygen atoms in total. The van der Waals surface area contributed by atoms with Crippen LogP contribution in [-0.2, 0) is 9.53 Å². The molecule has 0 radical (unpaired) electrons. The standard InChI is InChI=1S/C12H25NO2/c1-5-8-11(12(14)13-7-3)9-15-10(4)6-2/h10-11H,5-9H2,1-4H3,(H,13,14). The lowest BCUT2D eigenvalue weighted by atomic mass is 10.0. The van der Waals surface area contributed by atoms with Crippen LogP contribution in [0.4, 0.5) is 0 Å².